The van der Waals surface area contributed by atoms with Gasteiger partial charge >= 0.3 is 0 Å². The Hall–Kier alpha value is -2.67. The van der Waals surface area contributed by atoms with E-state index in [1.165, 1.54) is 7.11 Å². The molecule has 0 spiro atoms. The average molecular weight is 314 g/mol. The van der Waals surface area contributed by atoms with Crippen LogP contribution in [0.5, 0.6) is 5.75 Å². The highest BCUT2D eigenvalue weighted by atomic mass is 16.5. The number of benzene rings is 1. The van der Waals surface area contributed by atoms with E-state index in [-0.39, 0.29) is 17.8 Å². The van der Waals surface area contributed by atoms with Gasteiger partial charge in [-0.15, -0.1) is 0 Å². The second-order valence-corrected chi connectivity index (χ2v) is 5.65. The minimum Gasteiger partial charge on any atom is -0.496 e. The van der Waals surface area contributed by atoms with Crippen LogP contribution in [-0.4, -0.2) is 42.0 Å². The van der Waals surface area contributed by atoms with Crippen LogP contribution in [0.3, 0.4) is 0 Å². The molecule has 2 bridgehead atoms. The molecule has 1 aromatic carbocycles. The third-order valence-electron chi connectivity index (χ3n) is 4.48. The predicted octanol–water partition coefficient (Wildman–Crippen LogP) is 0.278. The second-order valence-electron chi connectivity index (χ2n) is 5.65. The molecule has 3 heterocycles. The number of imide groups is 1. The summed E-state index contributed by atoms with van der Waals surface area (Å²) in [7, 11) is 1.45. The van der Waals surface area contributed by atoms with Gasteiger partial charge in [0.05, 0.1) is 36.7 Å². The van der Waals surface area contributed by atoms with Crippen molar-refractivity contribution in [2.24, 2.45) is 11.8 Å². The first-order valence-electron chi connectivity index (χ1n) is 7.27. The zero-order valence-corrected chi connectivity index (χ0v) is 12.3. The number of amides is 3. The van der Waals surface area contributed by atoms with Gasteiger partial charge in [0, 0.05) is 0 Å². The summed E-state index contributed by atoms with van der Waals surface area (Å²) in [5, 5.41) is 0.819. The number of hydrogen-bond acceptors (Lipinski definition) is 5. The van der Waals surface area contributed by atoms with Crippen LogP contribution >= 0.6 is 0 Å². The molecule has 0 aliphatic carbocycles. The third kappa shape index (κ3) is 1.90. The number of nitrogens with zero attached hydrogens (tertiary/aromatic N) is 1. The van der Waals surface area contributed by atoms with E-state index in [4.69, 9.17) is 9.47 Å². The molecule has 2 saturated heterocycles. The van der Waals surface area contributed by atoms with Crippen molar-refractivity contribution in [3.8, 4) is 5.75 Å². The third-order valence-corrected chi connectivity index (χ3v) is 4.48. The smallest absolute Gasteiger partial charge is 0.274 e. The summed E-state index contributed by atoms with van der Waals surface area (Å²) in [6, 6.07) is 6.61. The van der Waals surface area contributed by atoms with Crippen molar-refractivity contribution in [1.82, 2.24) is 10.4 Å². The molecule has 0 aromatic heterocycles. The average Bonchev–Trinajstić information content (AvgIpc) is 3.24. The van der Waals surface area contributed by atoms with Crippen LogP contribution in [-0.2, 0) is 14.3 Å². The maximum absolute atomic E-state index is 12.5. The summed E-state index contributed by atoms with van der Waals surface area (Å²) < 4.78 is 10.7. The van der Waals surface area contributed by atoms with Gasteiger partial charge in [0.2, 0.25) is 0 Å². The second kappa shape index (κ2) is 4.92. The first-order chi connectivity index (χ1) is 11.1. The lowest BCUT2D eigenvalue weighted by molar-refractivity contribution is -0.145. The number of methoxy groups -OCH3 is 1. The fraction of sp³-hybridized carbons (Fsp3) is 0.312. The summed E-state index contributed by atoms with van der Waals surface area (Å²) in [5.74, 6) is -2.15. The lowest BCUT2D eigenvalue weighted by atomic mass is 9.85. The molecular weight excluding hydrogens is 300 g/mol. The highest BCUT2D eigenvalue weighted by Crippen LogP contribution is 2.44. The number of carbonyl (C=O) groups excluding carboxylic acids is 3. The molecule has 4 rings (SSSR count). The van der Waals surface area contributed by atoms with E-state index in [0.29, 0.717) is 5.75 Å². The Kier molecular flexibility index (Phi) is 2.99. The monoisotopic (exact) mass is 314 g/mol. The normalized spacial score (nSPS) is 30.7. The van der Waals surface area contributed by atoms with Gasteiger partial charge in [-0.1, -0.05) is 24.3 Å². The number of nitrogens with one attached hydrogen (secondary N) is 1. The van der Waals surface area contributed by atoms with Crippen LogP contribution in [0, 0.1) is 11.8 Å². The molecule has 2 fully saturated rings. The highest BCUT2D eigenvalue weighted by molar-refractivity contribution is 6.09. The molecule has 118 valence electrons. The van der Waals surface area contributed by atoms with Crippen LogP contribution in [0.1, 0.15) is 10.4 Å². The number of ether oxygens (including phenoxy) is 2. The molecule has 0 unspecified atom stereocenters. The number of carbonyl (C=O) groups is 3. The van der Waals surface area contributed by atoms with Crippen molar-refractivity contribution in [3.63, 3.8) is 0 Å². The Labute approximate surface area is 131 Å². The minimum absolute atomic E-state index is 0.255. The highest BCUT2D eigenvalue weighted by Gasteiger charge is 2.61. The lowest BCUT2D eigenvalue weighted by Crippen LogP contribution is -2.48. The summed E-state index contributed by atoms with van der Waals surface area (Å²) in [5.41, 5.74) is 2.65. The van der Waals surface area contributed by atoms with Gasteiger partial charge < -0.3 is 9.47 Å². The van der Waals surface area contributed by atoms with E-state index in [1.807, 2.05) is 0 Å². The molecule has 4 atom stereocenters. The maximum atomic E-state index is 12.5. The molecule has 23 heavy (non-hydrogen) atoms. The molecule has 3 aliphatic heterocycles. The quantitative estimate of drug-likeness (QED) is 0.640. The summed E-state index contributed by atoms with van der Waals surface area (Å²) in [4.78, 5) is 37.3. The number of hydrogen-bond donors (Lipinski definition) is 1. The molecule has 7 heteroatoms. The molecule has 3 amide bonds. The van der Waals surface area contributed by atoms with Crippen LogP contribution in [0.2, 0.25) is 0 Å². The fourth-order valence-corrected chi connectivity index (χ4v) is 3.41. The van der Waals surface area contributed by atoms with Gasteiger partial charge in [-0.2, -0.15) is 5.01 Å². The summed E-state index contributed by atoms with van der Waals surface area (Å²) in [6.45, 7) is 0. The number of rotatable bonds is 3. The molecule has 7 nitrogen and oxygen atoms in total. The van der Waals surface area contributed by atoms with E-state index < -0.39 is 29.6 Å². The zero-order chi connectivity index (χ0) is 16.1. The molecular formula is C16H14N2O5. The Morgan fingerprint density at radius 3 is 2.35 bits per heavy atom. The van der Waals surface area contributed by atoms with Crippen molar-refractivity contribution in [2.45, 2.75) is 12.2 Å². The number of para-hydroxylation sites is 1. The Bertz CT molecular complexity index is 714. The van der Waals surface area contributed by atoms with Crippen LogP contribution in [0.4, 0.5) is 0 Å². The Morgan fingerprint density at radius 2 is 1.74 bits per heavy atom. The summed E-state index contributed by atoms with van der Waals surface area (Å²) in [6.07, 6.45) is 2.83. The predicted molar refractivity (Wildman–Crippen MR) is 77.1 cm³/mol. The van der Waals surface area contributed by atoms with Crippen molar-refractivity contribution >= 4 is 17.7 Å². The molecule has 3 aliphatic rings. The van der Waals surface area contributed by atoms with Gasteiger partial charge in [-0.05, 0) is 12.1 Å². The standard InChI is InChI=1S/C16H14N2O5/c1-22-9-5-3-2-4-8(9)14(19)17-18-15(20)12-10-6-7-11(23-10)13(12)16(18)21/h2-7,10-13H,1H3,(H,17,19)/t10-,11-,12-,13+/m0/s1. The molecule has 0 saturated carbocycles. The van der Waals surface area contributed by atoms with Crippen LogP contribution in [0.25, 0.3) is 0 Å². The van der Waals surface area contributed by atoms with E-state index in [0.717, 1.165) is 5.01 Å². The van der Waals surface area contributed by atoms with Gasteiger partial charge in [0.15, 0.2) is 0 Å². The van der Waals surface area contributed by atoms with Gasteiger partial charge in [-0.25, -0.2) is 0 Å². The van der Waals surface area contributed by atoms with Gasteiger partial charge in [-0.3, -0.25) is 19.8 Å². The molecule has 1 aromatic rings. The zero-order valence-electron chi connectivity index (χ0n) is 12.3. The van der Waals surface area contributed by atoms with Crippen molar-refractivity contribution < 1.29 is 23.9 Å². The van der Waals surface area contributed by atoms with Crippen molar-refractivity contribution in [1.29, 1.82) is 0 Å². The fourth-order valence-electron chi connectivity index (χ4n) is 3.41. The lowest BCUT2D eigenvalue weighted by Gasteiger charge is -2.18. The molecule has 0 radical (unpaired) electrons. The first-order valence-corrected chi connectivity index (χ1v) is 7.27. The van der Waals surface area contributed by atoms with Crippen molar-refractivity contribution in [2.75, 3.05) is 7.11 Å². The van der Waals surface area contributed by atoms with E-state index in [1.54, 1.807) is 36.4 Å². The van der Waals surface area contributed by atoms with Crippen LogP contribution < -0.4 is 10.2 Å². The van der Waals surface area contributed by atoms with E-state index in [9.17, 15) is 14.4 Å². The first kappa shape index (κ1) is 14.0. The number of hydrazine groups is 1. The maximum Gasteiger partial charge on any atom is 0.274 e. The van der Waals surface area contributed by atoms with Crippen molar-refractivity contribution in [3.05, 3.63) is 42.0 Å². The van der Waals surface area contributed by atoms with Gasteiger partial charge in [0.25, 0.3) is 17.7 Å². The largest absolute Gasteiger partial charge is 0.496 e. The Balaban J connectivity index is 1.57. The Morgan fingerprint density at radius 1 is 1.13 bits per heavy atom. The summed E-state index contributed by atoms with van der Waals surface area (Å²) >= 11 is 0. The number of fused-ring (bicyclic) bond motifs is 5. The topological polar surface area (TPSA) is 84.9 Å². The van der Waals surface area contributed by atoms with Crippen LogP contribution in [0.15, 0.2) is 36.4 Å². The van der Waals surface area contributed by atoms with Gasteiger partial charge in [0.1, 0.15) is 5.75 Å². The van der Waals surface area contributed by atoms with E-state index >= 15 is 0 Å². The molecule has 1 N–H and O–H groups in total. The SMILES string of the molecule is COc1ccccc1C(=O)NN1C(=O)[C@@H]2[C@H](C1=O)[C@@H]1C=C[C@@H]2O1. The minimum atomic E-state index is -0.564. The van der Waals surface area contributed by atoms with E-state index in [2.05, 4.69) is 5.43 Å².